The summed E-state index contributed by atoms with van der Waals surface area (Å²) in [5.41, 5.74) is 7.55. The van der Waals surface area contributed by atoms with Crippen LogP contribution in [0.1, 0.15) is 30.1 Å². The highest BCUT2D eigenvalue weighted by molar-refractivity contribution is 5.94. The molecule has 1 aliphatic rings. The van der Waals surface area contributed by atoms with Gasteiger partial charge in [-0.1, -0.05) is 0 Å². The largest absolute Gasteiger partial charge is 0.449 e. The second-order valence-corrected chi connectivity index (χ2v) is 5.50. The number of nitrogens with two attached hydrogens (primary N) is 1. The van der Waals surface area contributed by atoms with E-state index in [2.05, 4.69) is 5.32 Å². The van der Waals surface area contributed by atoms with Crippen LogP contribution in [0.15, 0.2) is 18.2 Å². The lowest BCUT2D eigenvalue weighted by Gasteiger charge is -2.17. The maximum atomic E-state index is 12.0. The summed E-state index contributed by atoms with van der Waals surface area (Å²) in [6, 6.07) is 5.19. The van der Waals surface area contributed by atoms with Gasteiger partial charge in [0.25, 0.3) is 5.91 Å². The van der Waals surface area contributed by atoms with Crippen molar-refractivity contribution in [2.75, 3.05) is 24.7 Å². The minimum atomic E-state index is -0.812. The van der Waals surface area contributed by atoms with E-state index in [1.807, 2.05) is 19.0 Å². The smallest absolute Gasteiger partial charge is 0.338 e. The lowest BCUT2D eigenvalue weighted by atomic mass is 10.1. The van der Waals surface area contributed by atoms with E-state index in [1.54, 1.807) is 25.1 Å². The molecule has 1 saturated carbocycles. The first-order chi connectivity index (χ1) is 9.88. The summed E-state index contributed by atoms with van der Waals surface area (Å²) in [7, 11) is 3.74. The monoisotopic (exact) mass is 291 g/mol. The number of esters is 1. The molecule has 1 aromatic carbocycles. The molecule has 0 aromatic heterocycles. The number of nitrogens with zero attached hydrogens (tertiary/aromatic N) is 1. The second kappa shape index (κ2) is 6.03. The van der Waals surface area contributed by atoms with Crippen LogP contribution in [0.25, 0.3) is 0 Å². The number of ether oxygens (including phenoxy) is 1. The van der Waals surface area contributed by atoms with E-state index >= 15 is 0 Å². The maximum Gasteiger partial charge on any atom is 0.338 e. The minimum absolute atomic E-state index is 0.244. The fraction of sp³-hybridized carbons (Fsp3) is 0.467. The number of nitrogens with one attached hydrogen (secondary N) is 1. The number of carbonyl (C=O) groups excluding carboxylic acids is 2. The Kier molecular flexibility index (Phi) is 4.35. The number of benzene rings is 1. The third-order valence-electron chi connectivity index (χ3n) is 3.32. The molecule has 1 aromatic rings. The van der Waals surface area contributed by atoms with E-state index in [4.69, 9.17) is 10.5 Å². The molecule has 2 rings (SSSR count). The highest BCUT2D eigenvalue weighted by atomic mass is 16.5. The molecule has 1 unspecified atom stereocenters. The third-order valence-corrected chi connectivity index (χ3v) is 3.32. The van der Waals surface area contributed by atoms with Gasteiger partial charge in [-0.2, -0.15) is 0 Å². The summed E-state index contributed by atoms with van der Waals surface area (Å²) in [6.45, 7) is 1.56. The van der Waals surface area contributed by atoms with Crippen LogP contribution < -0.4 is 16.0 Å². The molecule has 1 atom stereocenters. The van der Waals surface area contributed by atoms with Crippen LogP contribution in [-0.2, 0) is 9.53 Å². The van der Waals surface area contributed by atoms with E-state index in [9.17, 15) is 9.59 Å². The van der Waals surface area contributed by atoms with Crippen LogP contribution in [0.3, 0.4) is 0 Å². The molecular formula is C15H21N3O3. The molecular weight excluding hydrogens is 270 g/mol. The average molecular weight is 291 g/mol. The van der Waals surface area contributed by atoms with Crippen molar-refractivity contribution in [2.24, 2.45) is 0 Å². The Bertz CT molecular complexity index is 553. The van der Waals surface area contributed by atoms with Crippen LogP contribution in [-0.4, -0.2) is 38.1 Å². The van der Waals surface area contributed by atoms with E-state index in [1.165, 1.54) is 0 Å². The Balaban J connectivity index is 1.99. The summed E-state index contributed by atoms with van der Waals surface area (Å²) >= 11 is 0. The van der Waals surface area contributed by atoms with E-state index in [0.29, 0.717) is 11.3 Å². The zero-order valence-electron chi connectivity index (χ0n) is 12.6. The average Bonchev–Trinajstić information content (AvgIpc) is 3.21. The Labute approximate surface area is 124 Å². The fourth-order valence-corrected chi connectivity index (χ4v) is 1.92. The van der Waals surface area contributed by atoms with Crippen LogP contribution in [0.2, 0.25) is 0 Å². The molecule has 0 radical (unpaired) electrons. The lowest BCUT2D eigenvalue weighted by Crippen LogP contribution is -2.37. The molecule has 0 saturated heterocycles. The van der Waals surface area contributed by atoms with Crippen molar-refractivity contribution < 1.29 is 14.3 Å². The Morgan fingerprint density at radius 1 is 1.38 bits per heavy atom. The number of nitrogen functional groups attached to an aromatic ring is 1. The molecule has 3 N–H and O–H groups in total. The molecule has 0 aliphatic heterocycles. The van der Waals surface area contributed by atoms with Crippen molar-refractivity contribution >= 4 is 23.3 Å². The zero-order chi connectivity index (χ0) is 15.6. The normalized spacial score (nSPS) is 15.2. The number of hydrogen-bond acceptors (Lipinski definition) is 5. The van der Waals surface area contributed by atoms with Crippen LogP contribution in [0, 0.1) is 0 Å². The second-order valence-electron chi connectivity index (χ2n) is 5.50. The van der Waals surface area contributed by atoms with Crippen molar-refractivity contribution in [1.82, 2.24) is 5.32 Å². The maximum absolute atomic E-state index is 12.0. The van der Waals surface area contributed by atoms with Gasteiger partial charge < -0.3 is 20.7 Å². The number of carbonyl (C=O) groups is 2. The van der Waals surface area contributed by atoms with Crippen molar-refractivity contribution in [1.29, 1.82) is 0 Å². The Morgan fingerprint density at radius 3 is 2.57 bits per heavy atom. The molecule has 114 valence electrons. The van der Waals surface area contributed by atoms with Crippen molar-refractivity contribution in [2.45, 2.75) is 31.9 Å². The van der Waals surface area contributed by atoms with Gasteiger partial charge in [-0.3, -0.25) is 4.79 Å². The summed E-state index contributed by atoms with van der Waals surface area (Å²) in [4.78, 5) is 25.6. The number of hydrogen-bond donors (Lipinski definition) is 2. The summed E-state index contributed by atoms with van der Waals surface area (Å²) in [6.07, 6.45) is 1.18. The molecule has 0 heterocycles. The first-order valence-corrected chi connectivity index (χ1v) is 6.96. The van der Waals surface area contributed by atoms with Gasteiger partial charge in [0.05, 0.1) is 16.9 Å². The first kappa shape index (κ1) is 15.2. The van der Waals surface area contributed by atoms with E-state index in [-0.39, 0.29) is 11.9 Å². The Morgan fingerprint density at radius 2 is 2.05 bits per heavy atom. The number of rotatable bonds is 5. The quantitative estimate of drug-likeness (QED) is 0.628. The highest BCUT2D eigenvalue weighted by Crippen LogP contribution is 2.23. The van der Waals surface area contributed by atoms with Gasteiger partial charge in [0, 0.05) is 20.1 Å². The van der Waals surface area contributed by atoms with E-state index in [0.717, 1.165) is 18.5 Å². The van der Waals surface area contributed by atoms with Gasteiger partial charge in [-0.25, -0.2) is 4.79 Å². The van der Waals surface area contributed by atoms with E-state index < -0.39 is 12.1 Å². The van der Waals surface area contributed by atoms with Crippen molar-refractivity contribution in [3.8, 4) is 0 Å². The van der Waals surface area contributed by atoms with Crippen LogP contribution in [0.4, 0.5) is 11.4 Å². The topological polar surface area (TPSA) is 84.7 Å². The van der Waals surface area contributed by atoms with Gasteiger partial charge in [0.2, 0.25) is 0 Å². The zero-order valence-corrected chi connectivity index (χ0v) is 12.6. The third kappa shape index (κ3) is 3.87. The summed E-state index contributed by atoms with van der Waals surface area (Å²) in [5, 5.41) is 2.80. The standard InChI is InChI=1S/C15H21N3O3/c1-9(14(19)17-11-5-6-11)21-15(20)10-4-7-13(18(2)3)12(16)8-10/h4,7-9,11H,5-6,16H2,1-3H3,(H,17,19). The predicted molar refractivity (Wildman–Crippen MR) is 81.2 cm³/mol. The molecule has 6 heteroatoms. The molecule has 1 aliphatic carbocycles. The Hall–Kier alpha value is -2.24. The first-order valence-electron chi connectivity index (χ1n) is 6.96. The molecule has 6 nitrogen and oxygen atoms in total. The lowest BCUT2D eigenvalue weighted by molar-refractivity contribution is -0.129. The molecule has 0 spiro atoms. The van der Waals surface area contributed by atoms with Crippen LogP contribution in [0.5, 0.6) is 0 Å². The van der Waals surface area contributed by atoms with Gasteiger partial charge in [0.1, 0.15) is 0 Å². The molecule has 0 bridgehead atoms. The van der Waals surface area contributed by atoms with Gasteiger partial charge in [-0.15, -0.1) is 0 Å². The predicted octanol–water partition coefficient (Wildman–Crippen LogP) is 1.16. The molecule has 1 amide bonds. The molecule has 21 heavy (non-hydrogen) atoms. The van der Waals surface area contributed by atoms with Crippen molar-refractivity contribution in [3.63, 3.8) is 0 Å². The molecule has 1 fully saturated rings. The highest BCUT2D eigenvalue weighted by Gasteiger charge is 2.27. The summed E-state index contributed by atoms with van der Waals surface area (Å²) < 4.78 is 5.16. The van der Waals surface area contributed by atoms with Crippen LogP contribution >= 0.6 is 0 Å². The van der Waals surface area contributed by atoms with Gasteiger partial charge >= 0.3 is 5.97 Å². The van der Waals surface area contributed by atoms with Gasteiger partial charge in [-0.05, 0) is 38.0 Å². The minimum Gasteiger partial charge on any atom is -0.449 e. The number of amides is 1. The SMILES string of the molecule is CC(OC(=O)c1ccc(N(C)C)c(N)c1)C(=O)NC1CC1. The number of anilines is 2. The van der Waals surface area contributed by atoms with Gasteiger partial charge in [0.15, 0.2) is 6.10 Å². The summed E-state index contributed by atoms with van der Waals surface area (Å²) in [5.74, 6) is -0.811. The fourth-order valence-electron chi connectivity index (χ4n) is 1.92. The van der Waals surface area contributed by atoms with Crippen molar-refractivity contribution in [3.05, 3.63) is 23.8 Å².